The molecular weight excluding hydrogens is 387 g/mol. The number of carbonyl (C=O) groups is 1. The molecule has 27 heavy (non-hydrogen) atoms. The van der Waals surface area contributed by atoms with E-state index in [1.54, 1.807) is 11.7 Å². The third-order valence-corrected chi connectivity index (χ3v) is 5.02. The Labute approximate surface area is 168 Å². The summed E-state index contributed by atoms with van der Waals surface area (Å²) in [5.41, 5.74) is 0.931. The first-order valence-electron chi connectivity index (χ1n) is 8.76. The van der Waals surface area contributed by atoms with Crippen LogP contribution in [-0.2, 0) is 18.4 Å². The monoisotopic (exact) mass is 408 g/mol. The predicted octanol–water partition coefficient (Wildman–Crippen LogP) is 2.95. The van der Waals surface area contributed by atoms with Gasteiger partial charge in [-0.2, -0.15) is 10.1 Å². The van der Waals surface area contributed by atoms with Gasteiger partial charge in [0.25, 0.3) is 0 Å². The standard InChI is InChI=1S/C18H21ClN6O.ClH/c1-24-18(22-17(23-24)13-4-7-20-8-5-13)21-16(26)11-25-9-6-12-2-3-14(19)10-15(12)25;/h2-3,6,9-10,13,20H,4-5,7-8,11H2,1H3,(H,21,22,23,26);1H. The zero-order valence-corrected chi connectivity index (χ0v) is 16.6. The molecule has 1 saturated heterocycles. The maximum Gasteiger partial charge on any atom is 0.246 e. The summed E-state index contributed by atoms with van der Waals surface area (Å²) in [5, 5.41) is 12.4. The molecule has 1 aliphatic rings. The molecule has 3 heterocycles. The number of rotatable bonds is 4. The Bertz CT molecular complexity index is 945. The number of aromatic nitrogens is 4. The van der Waals surface area contributed by atoms with Crippen molar-refractivity contribution in [3.8, 4) is 0 Å². The molecule has 1 amide bonds. The molecule has 0 bridgehead atoms. The highest BCUT2D eigenvalue weighted by Gasteiger charge is 2.21. The van der Waals surface area contributed by atoms with Crippen LogP contribution in [0.4, 0.5) is 5.95 Å². The zero-order valence-electron chi connectivity index (χ0n) is 15.0. The van der Waals surface area contributed by atoms with Gasteiger partial charge in [0.15, 0.2) is 5.82 Å². The van der Waals surface area contributed by atoms with Crippen LogP contribution in [0.15, 0.2) is 30.5 Å². The lowest BCUT2D eigenvalue weighted by atomic mass is 9.98. The second-order valence-corrected chi connectivity index (χ2v) is 7.07. The number of anilines is 1. The Morgan fingerprint density at radius 1 is 1.33 bits per heavy atom. The number of aryl methyl sites for hydroxylation is 1. The molecule has 144 valence electrons. The third-order valence-electron chi connectivity index (χ3n) is 4.78. The minimum Gasteiger partial charge on any atom is -0.338 e. The number of piperidine rings is 1. The molecule has 1 aromatic carbocycles. The molecular formula is C18H22Cl2N6O. The predicted molar refractivity (Wildman–Crippen MR) is 109 cm³/mol. The van der Waals surface area contributed by atoms with E-state index in [2.05, 4.69) is 20.7 Å². The maximum absolute atomic E-state index is 12.5. The largest absolute Gasteiger partial charge is 0.338 e. The molecule has 2 N–H and O–H groups in total. The molecule has 7 nitrogen and oxygen atoms in total. The highest BCUT2D eigenvalue weighted by Crippen LogP contribution is 2.23. The lowest BCUT2D eigenvalue weighted by Crippen LogP contribution is -2.27. The van der Waals surface area contributed by atoms with E-state index >= 15 is 0 Å². The van der Waals surface area contributed by atoms with Crippen molar-refractivity contribution in [2.45, 2.75) is 25.3 Å². The van der Waals surface area contributed by atoms with Crippen LogP contribution in [0.3, 0.4) is 0 Å². The van der Waals surface area contributed by atoms with Gasteiger partial charge in [-0.1, -0.05) is 17.7 Å². The zero-order chi connectivity index (χ0) is 18.1. The summed E-state index contributed by atoms with van der Waals surface area (Å²) < 4.78 is 3.51. The van der Waals surface area contributed by atoms with Gasteiger partial charge in [-0.05, 0) is 49.5 Å². The smallest absolute Gasteiger partial charge is 0.246 e. The van der Waals surface area contributed by atoms with Gasteiger partial charge in [-0.25, -0.2) is 4.68 Å². The normalized spacial score (nSPS) is 14.9. The number of hydrogen-bond acceptors (Lipinski definition) is 4. The molecule has 0 saturated carbocycles. The molecule has 4 rings (SSSR count). The van der Waals surface area contributed by atoms with Crippen LogP contribution in [-0.4, -0.2) is 38.3 Å². The lowest BCUT2D eigenvalue weighted by Gasteiger charge is -2.19. The van der Waals surface area contributed by atoms with Crippen molar-refractivity contribution in [3.63, 3.8) is 0 Å². The fraction of sp³-hybridized carbons (Fsp3) is 0.389. The highest BCUT2D eigenvalue weighted by atomic mass is 35.5. The van der Waals surface area contributed by atoms with Crippen molar-refractivity contribution in [1.29, 1.82) is 0 Å². The molecule has 0 radical (unpaired) electrons. The average molecular weight is 409 g/mol. The van der Waals surface area contributed by atoms with E-state index in [1.165, 1.54) is 0 Å². The first-order valence-corrected chi connectivity index (χ1v) is 9.14. The molecule has 0 spiro atoms. The van der Waals surface area contributed by atoms with E-state index in [0.29, 0.717) is 16.9 Å². The van der Waals surface area contributed by atoms with Crippen LogP contribution in [0, 0.1) is 0 Å². The average Bonchev–Trinajstić information content (AvgIpc) is 3.19. The molecule has 0 unspecified atom stereocenters. The number of hydrogen-bond donors (Lipinski definition) is 2. The summed E-state index contributed by atoms with van der Waals surface area (Å²) >= 11 is 6.07. The second kappa shape index (κ2) is 8.29. The topological polar surface area (TPSA) is 76.8 Å². The first-order chi connectivity index (χ1) is 12.6. The van der Waals surface area contributed by atoms with Gasteiger partial charge >= 0.3 is 0 Å². The second-order valence-electron chi connectivity index (χ2n) is 6.64. The fourth-order valence-corrected chi connectivity index (χ4v) is 3.55. The van der Waals surface area contributed by atoms with Gasteiger partial charge in [0.1, 0.15) is 6.54 Å². The molecule has 1 fully saturated rings. The first kappa shape index (κ1) is 19.7. The van der Waals surface area contributed by atoms with Crippen LogP contribution in [0.25, 0.3) is 10.9 Å². The Balaban J connectivity index is 0.00000210. The molecule has 9 heteroatoms. The molecule has 1 aliphatic heterocycles. The number of amides is 1. The van der Waals surface area contributed by atoms with Crippen LogP contribution >= 0.6 is 24.0 Å². The van der Waals surface area contributed by atoms with Gasteiger partial charge < -0.3 is 9.88 Å². The Hall–Kier alpha value is -2.09. The van der Waals surface area contributed by atoms with Crippen LogP contribution in [0.5, 0.6) is 0 Å². The highest BCUT2D eigenvalue weighted by molar-refractivity contribution is 6.31. The molecule has 0 atom stereocenters. The lowest BCUT2D eigenvalue weighted by molar-refractivity contribution is -0.116. The van der Waals surface area contributed by atoms with Crippen molar-refractivity contribution in [2.75, 3.05) is 18.4 Å². The number of halogens is 2. The van der Waals surface area contributed by atoms with Crippen molar-refractivity contribution in [1.82, 2.24) is 24.6 Å². The summed E-state index contributed by atoms with van der Waals surface area (Å²) in [7, 11) is 1.80. The quantitative estimate of drug-likeness (QED) is 0.695. The minimum atomic E-state index is -0.144. The van der Waals surface area contributed by atoms with Crippen molar-refractivity contribution in [2.24, 2.45) is 7.05 Å². The van der Waals surface area contributed by atoms with Crippen LogP contribution < -0.4 is 10.6 Å². The Kier molecular flexibility index (Phi) is 6.04. The SMILES string of the molecule is Cl.Cn1nc(C2CCNCC2)nc1NC(=O)Cn1ccc2ccc(Cl)cc21. The molecule has 3 aromatic rings. The summed E-state index contributed by atoms with van der Waals surface area (Å²) in [4.78, 5) is 17.0. The number of benzene rings is 1. The summed E-state index contributed by atoms with van der Waals surface area (Å²) in [6, 6.07) is 7.62. The fourth-order valence-electron chi connectivity index (χ4n) is 3.38. The van der Waals surface area contributed by atoms with Crippen molar-refractivity contribution in [3.05, 3.63) is 41.3 Å². The molecule has 0 aliphatic carbocycles. The summed E-state index contributed by atoms with van der Waals surface area (Å²) in [6.07, 6.45) is 3.93. The number of nitrogens with zero attached hydrogens (tertiary/aromatic N) is 4. The van der Waals surface area contributed by atoms with Crippen LogP contribution in [0.2, 0.25) is 5.02 Å². The summed E-state index contributed by atoms with van der Waals surface area (Å²) in [6.45, 7) is 2.15. The van der Waals surface area contributed by atoms with E-state index < -0.39 is 0 Å². The van der Waals surface area contributed by atoms with Gasteiger partial charge in [0, 0.05) is 29.7 Å². The number of carbonyl (C=O) groups excluding carboxylic acids is 1. The van der Waals surface area contributed by atoms with E-state index in [1.807, 2.05) is 35.0 Å². The minimum absolute atomic E-state index is 0. The van der Waals surface area contributed by atoms with E-state index in [4.69, 9.17) is 11.6 Å². The van der Waals surface area contributed by atoms with E-state index in [9.17, 15) is 4.79 Å². The van der Waals surface area contributed by atoms with Crippen molar-refractivity contribution >= 4 is 46.8 Å². The van der Waals surface area contributed by atoms with Gasteiger partial charge in [0.2, 0.25) is 11.9 Å². The van der Waals surface area contributed by atoms with Crippen molar-refractivity contribution < 1.29 is 4.79 Å². The van der Waals surface area contributed by atoms with E-state index in [0.717, 1.165) is 42.7 Å². The maximum atomic E-state index is 12.5. The molecule has 2 aromatic heterocycles. The van der Waals surface area contributed by atoms with Crippen LogP contribution in [0.1, 0.15) is 24.6 Å². The van der Waals surface area contributed by atoms with Gasteiger partial charge in [0.05, 0.1) is 0 Å². The summed E-state index contributed by atoms with van der Waals surface area (Å²) in [5.74, 6) is 1.50. The Morgan fingerprint density at radius 2 is 2.11 bits per heavy atom. The number of nitrogens with one attached hydrogen (secondary N) is 2. The van der Waals surface area contributed by atoms with Gasteiger partial charge in [-0.3, -0.25) is 10.1 Å². The Morgan fingerprint density at radius 3 is 2.89 bits per heavy atom. The van der Waals surface area contributed by atoms with Gasteiger partial charge in [-0.15, -0.1) is 12.4 Å². The van der Waals surface area contributed by atoms with E-state index in [-0.39, 0.29) is 24.9 Å². The number of fused-ring (bicyclic) bond motifs is 1. The third kappa shape index (κ3) is 4.26.